The molecule has 1 fully saturated rings. The molecule has 0 saturated carbocycles. The minimum absolute atomic E-state index is 0.000851. The summed E-state index contributed by atoms with van der Waals surface area (Å²) in [6.07, 6.45) is 1.53. The summed E-state index contributed by atoms with van der Waals surface area (Å²) in [4.78, 5) is 49.6. The number of amides is 3. The number of aromatic hydroxyl groups is 1. The van der Waals surface area contributed by atoms with Crippen molar-refractivity contribution in [3.8, 4) is 27.8 Å². The number of aliphatic hydroxyl groups is 1. The van der Waals surface area contributed by atoms with Crippen LogP contribution in [0.15, 0.2) is 99.8 Å². The minimum Gasteiger partial charge on any atom is -0.508 e. The van der Waals surface area contributed by atoms with Crippen molar-refractivity contribution in [1.82, 2.24) is 15.0 Å². The summed E-state index contributed by atoms with van der Waals surface area (Å²) in [5.74, 6) is 0.192. The minimum atomic E-state index is -0.878. The zero-order valence-corrected chi connectivity index (χ0v) is 38.0. The van der Waals surface area contributed by atoms with Gasteiger partial charge in [0.15, 0.2) is 5.76 Å². The maximum Gasteiger partial charge on any atom is 0.256 e. The second-order valence-electron chi connectivity index (χ2n) is 17.3. The van der Waals surface area contributed by atoms with E-state index in [4.69, 9.17) is 18.7 Å². The third-order valence-electron chi connectivity index (χ3n) is 12.1. The topological polar surface area (TPSA) is 164 Å². The van der Waals surface area contributed by atoms with Gasteiger partial charge in [-0.25, -0.2) is 4.99 Å². The van der Waals surface area contributed by atoms with E-state index in [1.54, 1.807) is 46.4 Å². The fourth-order valence-corrected chi connectivity index (χ4v) is 9.32. The number of carbonyl (C=O) groups is 3. The maximum absolute atomic E-state index is 14.3. The van der Waals surface area contributed by atoms with Gasteiger partial charge in [0.1, 0.15) is 30.6 Å². The quantitative estimate of drug-likeness (QED) is 0.0739. The predicted octanol–water partition coefficient (Wildman–Crippen LogP) is 7.75. The third-order valence-corrected chi connectivity index (χ3v) is 13.2. The molecule has 2 N–H and O–H groups in total. The zero-order chi connectivity index (χ0) is 45.4. The molecule has 64 heavy (non-hydrogen) atoms. The summed E-state index contributed by atoms with van der Waals surface area (Å²) in [5.41, 5.74) is 5.14. The monoisotopic (exact) mass is 890 g/mol. The normalized spacial score (nSPS) is 19.0. The van der Waals surface area contributed by atoms with Crippen LogP contribution in [0.1, 0.15) is 80.4 Å². The van der Waals surface area contributed by atoms with E-state index in [9.17, 15) is 24.6 Å². The molecule has 2 aliphatic rings. The van der Waals surface area contributed by atoms with Crippen LogP contribution in [0.5, 0.6) is 17.4 Å². The Morgan fingerprint density at radius 2 is 1.69 bits per heavy atom. The smallest absolute Gasteiger partial charge is 0.256 e. The molecule has 338 valence electrons. The maximum atomic E-state index is 14.3. The molecule has 7 rings (SSSR count). The van der Waals surface area contributed by atoms with Crippen molar-refractivity contribution in [3.05, 3.63) is 118 Å². The SMILES string of the molecule is Cc1ccsc1-c1ccc(C2(C)CC(C3CC(O)CN3C(=O)C(c3cc(OCCOCCCC(=O)N(C)CCOc4ccc(Cc5ccc(O)cc5)cc4)no3)C(C)C)=NC2=O)cc1. The number of ether oxygens (including phenoxy) is 3. The molecular weight excluding hydrogens is 833 g/mol. The number of β-amino-alcohol motifs (C(OH)–C–C–N with tert-alkyl or cyclic N) is 1. The first-order valence-electron chi connectivity index (χ1n) is 21.9. The first kappa shape index (κ1) is 46.2. The highest BCUT2D eigenvalue weighted by Crippen LogP contribution is 2.40. The van der Waals surface area contributed by atoms with Crippen LogP contribution >= 0.6 is 11.3 Å². The molecule has 0 radical (unpaired) electrons. The van der Waals surface area contributed by atoms with Gasteiger partial charge in [-0.15, -0.1) is 11.3 Å². The number of thiophene rings is 1. The Bertz CT molecular complexity index is 2390. The molecule has 13 nitrogen and oxygen atoms in total. The van der Waals surface area contributed by atoms with E-state index in [0.29, 0.717) is 56.9 Å². The van der Waals surface area contributed by atoms with Crippen LogP contribution in [0.4, 0.5) is 0 Å². The molecule has 4 unspecified atom stereocenters. The van der Waals surface area contributed by atoms with E-state index in [-0.39, 0.29) is 55.0 Å². The number of hydrogen-bond acceptors (Lipinski definition) is 11. The van der Waals surface area contributed by atoms with Gasteiger partial charge in [-0.05, 0) is 101 Å². The molecule has 3 aromatic carbocycles. The highest BCUT2D eigenvalue weighted by atomic mass is 32.1. The van der Waals surface area contributed by atoms with Crippen molar-refractivity contribution in [3.63, 3.8) is 0 Å². The van der Waals surface area contributed by atoms with Crippen molar-refractivity contribution in [2.24, 2.45) is 10.9 Å². The van der Waals surface area contributed by atoms with Crippen LogP contribution in [0.3, 0.4) is 0 Å². The van der Waals surface area contributed by atoms with Crippen LogP contribution in [-0.2, 0) is 31.0 Å². The highest BCUT2D eigenvalue weighted by Gasteiger charge is 2.48. The van der Waals surface area contributed by atoms with Crippen molar-refractivity contribution in [1.29, 1.82) is 0 Å². The largest absolute Gasteiger partial charge is 0.508 e. The van der Waals surface area contributed by atoms with Gasteiger partial charge < -0.3 is 38.7 Å². The highest BCUT2D eigenvalue weighted by molar-refractivity contribution is 7.13. The van der Waals surface area contributed by atoms with Crippen molar-refractivity contribution < 1.29 is 43.3 Å². The van der Waals surface area contributed by atoms with Crippen molar-refractivity contribution >= 4 is 34.8 Å². The lowest BCUT2D eigenvalue weighted by atomic mass is 9.78. The Morgan fingerprint density at radius 3 is 2.38 bits per heavy atom. The van der Waals surface area contributed by atoms with Gasteiger partial charge in [0.25, 0.3) is 11.8 Å². The molecule has 2 aliphatic heterocycles. The van der Waals surface area contributed by atoms with Gasteiger partial charge in [-0.2, -0.15) is 0 Å². The van der Waals surface area contributed by atoms with Gasteiger partial charge in [0, 0.05) is 56.1 Å². The van der Waals surface area contributed by atoms with Gasteiger partial charge in [0.2, 0.25) is 11.8 Å². The van der Waals surface area contributed by atoms with Gasteiger partial charge in [0.05, 0.1) is 30.7 Å². The Labute approximate surface area is 378 Å². The number of rotatable bonds is 20. The summed E-state index contributed by atoms with van der Waals surface area (Å²) < 4.78 is 23.0. The van der Waals surface area contributed by atoms with Crippen LogP contribution in [0.25, 0.3) is 10.4 Å². The molecule has 3 amide bonds. The summed E-state index contributed by atoms with van der Waals surface area (Å²) in [6.45, 7) is 9.62. The number of phenols is 1. The third kappa shape index (κ3) is 11.1. The molecule has 1 saturated heterocycles. The van der Waals surface area contributed by atoms with Gasteiger partial charge in [-0.3, -0.25) is 14.4 Å². The Morgan fingerprint density at radius 1 is 0.969 bits per heavy atom. The number of aliphatic hydroxyl groups excluding tert-OH is 1. The van der Waals surface area contributed by atoms with Crippen molar-refractivity contribution in [2.45, 2.75) is 83.3 Å². The van der Waals surface area contributed by atoms with Crippen molar-refractivity contribution in [2.75, 3.05) is 46.6 Å². The van der Waals surface area contributed by atoms with E-state index in [2.05, 4.69) is 28.5 Å². The van der Waals surface area contributed by atoms with E-state index < -0.39 is 23.5 Å². The molecule has 4 atom stereocenters. The lowest BCUT2D eigenvalue weighted by Gasteiger charge is -2.30. The number of aryl methyl sites for hydroxylation is 1. The molecular formula is C50H58N4O9S. The number of benzene rings is 3. The van der Waals surface area contributed by atoms with Gasteiger partial charge in [-0.1, -0.05) is 62.4 Å². The number of hydrogen-bond donors (Lipinski definition) is 2. The lowest BCUT2D eigenvalue weighted by Crippen LogP contribution is -2.44. The average molecular weight is 891 g/mol. The summed E-state index contributed by atoms with van der Waals surface area (Å²) >= 11 is 1.69. The molecule has 14 heteroatoms. The van der Waals surface area contributed by atoms with E-state index in [1.165, 1.54) is 10.4 Å². The van der Waals surface area contributed by atoms with Crippen LogP contribution in [-0.4, -0.2) is 107 Å². The number of carbonyl (C=O) groups excluding carboxylic acids is 3. The fourth-order valence-electron chi connectivity index (χ4n) is 8.38. The number of nitrogens with zero attached hydrogens (tertiary/aromatic N) is 4. The first-order chi connectivity index (χ1) is 30.8. The first-order valence-corrected chi connectivity index (χ1v) is 22.8. The number of aromatic nitrogens is 1. The van der Waals surface area contributed by atoms with Crippen LogP contribution < -0.4 is 9.47 Å². The number of likely N-dealkylation sites (N-methyl/N-ethyl adjacent to an activating group) is 1. The zero-order valence-electron chi connectivity index (χ0n) is 37.2. The van der Waals surface area contributed by atoms with E-state index in [1.807, 2.05) is 81.4 Å². The second kappa shape index (κ2) is 20.8. The summed E-state index contributed by atoms with van der Waals surface area (Å²) in [6, 6.07) is 26.3. The number of likely N-dealkylation sites (tertiary alicyclic amines) is 1. The Balaban J connectivity index is 0.822. The Kier molecular flexibility index (Phi) is 15.0. The van der Waals surface area contributed by atoms with E-state index >= 15 is 0 Å². The second-order valence-corrected chi connectivity index (χ2v) is 18.2. The molecule has 0 aliphatic carbocycles. The fraction of sp³-hybridized carbons (Fsp3) is 0.420. The lowest BCUT2D eigenvalue weighted by molar-refractivity contribution is -0.134. The standard InChI is InChI=1S/C50H58N4O9S/c1-32(2)46(48(58)54-31-39(56)28-42(54)41-30-50(4,49(59)51-41)37-14-12-36(13-15-37)47-33(3)20-26-64-47)43-29-44(52-63-43)62-25-24-60-22-6-7-45(57)53(5)21-23-61-40-18-10-35(11-19-40)27-34-8-16-38(55)17-9-34/h8-20,26,29,32,39,42,46,55-56H,6-7,21-25,27-28,30-31H2,1-5H3. The summed E-state index contributed by atoms with van der Waals surface area (Å²) in [7, 11) is 1.76. The Hall–Kier alpha value is -5.83. The van der Waals surface area contributed by atoms with E-state index in [0.717, 1.165) is 34.4 Å². The molecule has 0 spiro atoms. The molecule has 5 aromatic rings. The number of aliphatic imine (C=N–C) groups is 1. The molecule has 2 aromatic heterocycles. The molecule has 0 bridgehead atoms. The van der Waals surface area contributed by atoms with Gasteiger partial charge >= 0.3 is 0 Å². The number of phenolic OH excluding ortho intramolecular Hbond substituents is 1. The van der Waals surface area contributed by atoms with Crippen LogP contribution in [0.2, 0.25) is 0 Å². The van der Waals surface area contributed by atoms with Crippen LogP contribution in [0, 0.1) is 12.8 Å². The average Bonchev–Trinajstić information content (AvgIpc) is 4.09. The predicted molar refractivity (Wildman–Crippen MR) is 245 cm³/mol. The molecule has 4 heterocycles. The summed E-state index contributed by atoms with van der Waals surface area (Å²) in [5, 5.41) is 26.5.